The number of imidazole rings is 1. The number of nitrogens with zero attached hydrogens (tertiary/aromatic N) is 4. The summed E-state index contributed by atoms with van der Waals surface area (Å²) in [6, 6.07) is 9.51. The van der Waals surface area contributed by atoms with Crippen molar-refractivity contribution in [1.29, 1.82) is 0 Å². The van der Waals surface area contributed by atoms with Crippen molar-refractivity contribution < 1.29 is 9.53 Å². The number of ether oxygens (including phenoxy) is 1. The number of amides is 1. The van der Waals surface area contributed by atoms with Gasteiger partial charge in [0.1, 0.15) is 6.33 Å². The highest BCUT2D eigenvalue weighted by Gasteiger charge is 2.61. The number of benzene rings is 1. The number of anilines is 1. The van der Waals surface area contributed by atoms with Gasteiger partial charge in [-0.25, -0.2) is 15.0 Å². The van der Waals surface area contributed by atoms with E-state index < -0.39 is 0 Å². The topological polar surface area (TPSA) is 94.0 Å². The highest BCUT2D eigenvalue weighted by molar-refractivity contribution is 6.06. The number of carbonyl (C=O) groups excluding carboxylic acids is 1. The molecule has 0 saturated carbocycles. The molecule has 2 aromatic heterocycles. The van der Waals surface area contributed by atoms with Crippen LogP contribution in [-0.2, 0) is 4.74 Å². The molecule has 5 atom stereocenters. The quantitative estimate of drug-likeness (QED) is 0.709. The molecular formula is C21H24N6O2. The van der Waals surface area contributed by atoms with Crippen LogP contribution in [0.3, 0.4) is 0 Å². The molecule has 0 radical (unpaired) electrons. The number of fused-ring (bicyclic) bond motifs is 3. The molecule has 2 N–H and O–H groups in total. The fraction of sp³-hybridized carbons (Fsp3) is 0.429. The van der Waals surface area contributed by atoms with Crippen molar-refractivity contribution in [3.63, 3.8) is 0 Å². The molecular weight excluding hydrogens is 368 g/mol. The number of hydrogen-bond donors (Lipinski definition) is 2. The van der Waals surface area contributed by atoms with E-state index in [1.54, 1.807) is 18.5 Å². The number of aromatic nitrogens is 4. The molecule has 0 spiro atoms. The summed E-state index contributed by atoms with van der Waals surface area (Å²) >= 11 is 0. The average Bonchev–Trinajstić information content (AvgIpc) is 3.37. The molecule has 2 aliphatic rings. The first-order valence-corrected chi connectivity index (χ1v) is 10.0. The summed E-state index contributed by atoms with van der Waals surface area (Å²) < 4.78 is 8.53. The van der Waals surface area contributed by atoms with Crippen LogP contribution in [0.4, 0.5) is 5.82 Å². The molecule has 29 heavy (non-hydrogen) atoms. The number of morpholine rings is 1. The van der Waals surface area contributed by atoms with Crippen LogP contribution in [0.5, 0.6) is 0 Å². The van der Waals surface area contributed by atoms with Gasteiger partial charge in [0, 0.05) is 17.5 Å². The maximum absolute atomic E-state index is 12.5. The smallest absolute Gasteiger partial charge is 0.256 e. The Bertz CT molecular complexity index is 1070. The zero-order valence-corrected chi connectivity index (χ0v) is 16.7. The minimum absolute atomic E-state index is 0.180. The minimum Gasteiger partial charge on any atom is -0.348 e. The summed E-state index contributed by atoms with van der Waals surface area (Å²) in [5.41, 5.74) is 1.57. The fourth-order valence-corrected chi connectivity index (χ4v) is 4.95. The van der Waals surface area contributed by atoms with Gasteiger partial charge in [-0.1, -0.05) is 32.0 Å². The molecule has 8 heteroatoms. The van der Waals surface area contributed by atoms with E-state index in [4.69, 9.17) is 4.74 Å². The van der Waals surface area contributed by atoms with Gasteiger partial charge in [0.15, 0.2) is 23.2 Å². The Balaban J connectivity index is 1.48. The Hall–Kier alpha value is -2.84. The largest absolute Gasteiger partial charge is 0.348 e. The summed E-state index contributed by atoms with van der Waals surface area (Å²) in [7, 11) is 0. The van der Waals surface area contributed by atoms with Gasteiger partial charge in [-0.15, -0.1) is 0 Å². The second-order valence-electron chi connectivity index (χ2n) is 7.89. The highest BCUT2D eigenvalue weighted by Crippen LogP contribution is 2.51. The summed E-state index contributed by atoms with van der Waals surface area (Å²) in [5, 5.41) is 6.53. The third-order valence-corrected chi connectivity index (χ3v) is 6.59. The molecule has 0 unspecified atom stereocenters. The summed E-state index contributed by atoms with van der Waals surface area (Å²) in [4.78, 5) is 25.7. The van der Waals surface area contributed by atoms with Gasteiger partial charge >= 0.3 is 0 Å². The Morgan fingerprint density at radius 3 is 2.76 bits per heavy atom. The zero-order valence-electron chi connectivity index (χ0n) is 16.7. The Labute approximate surface area is 168 Å². The van der Waals surface area contributed by atoms with E-state index in [9.17, 15) is 4.79 Å². The second kappa shape index (κ2) is 6.60. The van der Waals surface area contributed by atoms with Gasteiger partial charge < -0.3 is 15.4 Å². The summed E-state index contributed by atoms with van der Waals surface area (Å²) in [5.74, 6) is 0.541. The standard InChI is InChI=1S/C21H24N6O2/c1-4-21-12(2)15(25-13(21)3)20(29-21)27-11-24-16-17(22-10-23-18(16)27)26-19(28)14-8-6-5-7-9-14/h5-13,15,20,25H,4H2,1-3H3,(H,22,23,26,28)/t12-,13-,15+,20+,21+/m0/s1. The van der Waals surface area contributed by atoms with Crippen molar-refractivity contribution >= 4 is 22.9 Å². The lowest BCUT2D eigenvalue weighted by molar-refractivity contribution is -0.119. The van der Waals surface area contributed by atoms with E-state index in [0.29, 0.717) is 34.5 Å². The van der Waals surface area contributed by atoms with Crippen LogP contribution in [0.2, 0.25) is 0 Å². The highest BCUT2D eigenvalue weighted by atomic mass is 16.5. The van der Waals surface area contributed by atoms with Crippen LogP contribution in [0, 0.1) is 5.92 Å². The first-order chi connectivity index (χ1) is 14.0. The molecule has 3 aromatic rings. The first-order valence-electron chi connectivity index (χ1n) is 10.0. The van der Waals surface area contributed by atoms with Crippen molar-refractivity contribution in [1.82, 2.24) is 24.8 Å². The summed E-state index contributed by atoms with van der Waals surface area (Å²) in [6.07, 6.45) is 3.92. The molecule has 2 saturated heterocycles. The molecule has 150 valence electrons. The molecule has 2 aliphatic heterocycles. The van der Waals surface area contributed by atoms with Crippen LogP contribution >= 0.6 is 0 Å². The number of nitrogens with one attached hydrogen (secondary N) is 2. The van der Waals surface area contributed by atoms with Crippen molar-refractivity contribution in [2.24, 2.45) is 5.92 Å². The van der Waals surface area contributed by atoms with Crippen molar-refractivity contribution in [3.05, 3.63) is 48.5 Å². The predicted octanol–water partition coefficient (Wildman–Crippen LogP) is 2.75. The molecule has 0 aliphatic carbocycles. The molecule has 1 amide bonds. The van der Waals surface area contributed by atoms with Crippen molar-refractivity contribution in [3.8, 4) is 0 Å². The van der Waals surface area contributed by atoms with E-state index >= 15 is 0 Å². The van der Waals surface area contributed by atoms with Gasteiger partial charge in [-0.3, -0.25) is 9.36 Å². The fourth-order valence-electron chi connectivity index (χ4n) is 4.95. The monoisotopic (exact) mass is 392 g/mol. The Morgan fingerprint density at radius 2 is 2.03 bits per heavy atom. The van der Waals surface area contributed by atoms with Crippen molar-refractivity contribution in [2.75, 3.05) is 5.32 Å². The van der Waals surface area contributed by atoms with Gasteiger partial charge in [0.05, 0.1) is 18.0 Å². The number of hydrogen-bond acceptors (Lipinski definition) is 6. The normalized spacial score (nSPS) is 30.7. The molecule has 1 aromatic carbocycles. The van der Waals surface area contributed by atoms with E-state index in [1.165, 1.54) is 6.33 Å². The van der Waals surface area contributed by atoms with Crippen molar-refractivity contribution in [2.45, 2.75) is 51.1 Å². The van der Waals surface area contributed by atoms with Gasteiger partial charge in [-0.2, -0.15) is 0 Å². The average molecular weight is 392 g/mol. The van der Waals surface area contributed by atoms with Crippen LogP contribution < -0.4 is 10.6 Å². The Morgan fingerprint density at radius 1 is 1.24 bits per heavy atom. The van der Waals surface area contributed by atoms with E-state index in [1.807, 2.05) is 22.8 Å². The lowest BCUT2D eigenvalue weighted by Crippen LogP contribution is -2.49. The maximum atomic E-state index is 12.5. The number of carbonyl (C=O) groups is 1. The molecule has 5 rings (SSSR count). The maximum Gasteiger partial charge on any atom is 0.256 e. The van der Waals surface area contributed by atoms with Gasteiger partial charge in [-0.05, 0) is 25.5 Å². The molecule has 8 nitrogen and oxygen atoms in total. The lowest BCUT2D eigenvalue weighted by atomic mass is 9.84. The molecule has 4 heterocycles. The third-order valence-electron chi connectivity index (χ3n) is 6.59. The first kappa shape index (κ1) is 18.2. The lowest BCUT2D eigenvalue weighted by Gasteiger charge is -2.37. The van der Waals surface area contributed by atoms with Crippen LogP contribution in [0.1, 0.15) is 43.8 Å². The third kappa shape index (κ3) is 2.59. The molecule has 2 bridgehead atoms. The summed E-state index contributed by atoms with van der Waals surface area (Å²) in [6.45, 7) is 6.59. The van der Waals surface area contributed by atoms with Crippen LogP contribution in [0.15, 0.2) is 43.0 Å². The minimum atomic E-state index is -0.231. The zero-order chi connectivity index (χ0) is 20.2. The predicted molar refractivity (Wildman–Crippen MR) is 108 cm³/mol. The Kier molecular flexibility index (Phi) is 4.15. The van der Waals surface area contributed by atoms with Crippen LogP contribution in [-0.4, -0.2) is 43.1 Å². The van der Waals surface area contributed by atoms with Gasteiger partial charge in [0.25, 0.3) is 5.91 Å². The van der Waals surface area contributed by atoms with E-state index in [2.05, 4.69) is 46.4 Å². The van der Waals surface area contributed by atoms with Crippen LogP contribution in [0.25, 0.3) is 11.2 Å². The molecule has 2 fully saturated rings. The van der Waals surface area contributed by atoms with E-state index in [-0.39, 0.29) is 23.8 Å². The SMILES string of the molecule is CC[C@]12O[C@@H](n3cnc4c(NC(=O)c5ccccc5)ncnc43)[C@H](N[C@H]1C)[C@@H]2C. The number of rotatable bonds is 4. The second-order valence-corrected chi connectivity index (χ2v) is 7.89. The van der Waals surface area contributed by atoms with Gasteiger partial charge in [0.2, 0.25) is 0 Å². The van der Waals surface area contributed by atoms with E-state index in [0.717, 1.165) is 6.42 Å².